The topological polar surface area (TPSA) is 66.7 Å². The number of ether oxygens (including phenoxy) is 1. The summed E-state index contributed by atoms with van der Waals surface area (Å²) >= 11 is 1.81. The van der Waals surface area contributed by atoms with E-state index < -0.39 is 0 Å². The number of methoxy groups -OCH3 is 1. The van der Waals surface area contributed by atoms with Crippen molar-refractivity contribution in [3.8, 4) is 11.4 Å². The Labute approximate surface area is 210 Å². The lowest BCUT2D eigenvalue weighted by atomic mass is 10.1. The van der Waals surface area contributed by atoms with Crippen LogP contribution in [0.2, 0.25) is 0 Å². The summed E-state index contributed by atoms with van der Waals surface area (Å²) in [6.45, 7) is 5.61. The van der Waals surface area contributed by atoms with Crippen molar-refractivity contribution in [1.82, 2.24) is 20.4 Å². The largest absolute Gasteiger partial charge is 0.497 e. The zero-order valence-corrected chi connectivity index (χ0v) is 21.7. The molecule has 1 aromatic carbocycles. The van der Waals surface area contributed by atoms with Crippen molar-refractivity contribution in [2.75, 3.05) is 31.6 Å². The minimum Gasteiger partial charge on any atom is -0.497 e. The number of rotatable bonds is 7. The second kappa shape index (κ2) is 12.1. The summed E-state index contributed by atoms with van der Waals surface area (Å²) in [5, 5.41) is 15.2. The van der Waals surface area contributed by atoms with Gasteiger partial charge >= 0.3 is 0 Å². The number of hydrogen-bond donors (Lipinski definition) is 2. The Balaban J connectivity index is 0.00000289. The third kappa shape index (κ3) is 6.38. The maximum Gasteiger partial charge on any atom is 0.191 e. The Hall–Kier alpha value is -2.27. The molecule has 3 aromatic rings. The molecule has 1 saturated heterocycles. The molecule has 0 saturated carbocycles. The first-order chi connectivity index (χ1) is 15.2. The first-order valence-corrected chi connectivity index (χ1v) is 11.7. The molecule has 1 aliphatic rings. The minimum atomic E-state index is 0. The molecule has 9 heteroatoms. The van der Waals surface area contributed by atoms with Crippen LogP contribution in [0.4, 0.5) is 5.00 Å². The molecule has 2 N–H and O–H groups in total. The fraction of sp³-hybridized carbons (Fsp3) is 0.391. The lowest BCUT2D eigenvalue weighted by Crippen LogP contribution is -2.48. The van der Waals surface area contributed by atoms with E-state index in [0.717, 1.165) is 55.6 Å². The Bertz CT molecular complexity index is 965. The van der Waals surface area contributed by atoms with Crippen LogP contribution in [0, 0.1) is 0 Å². The van der Waals surface area contributed by atoms with Gasteiger partial charge in [0.15, 0.2) is 5.96 Å². The molecule has 0 amide bonds. The monoisotopic (exact) mass is 566 g/mol. The Morgan fingerprint density at radius 2 is 1.97 bits per heavy atom. The first kappa shape index (κ1) is 24.4. The molecule has 4 rings (SSSR count). The van der Waals surface area contributed by atoms with Crippen LogP contribution >= 0.6 is 35.3 Å². The third-order valence-electron chi connectivity index (χ3n) is 5.38. The van der Waals surface area contributed by atoms with Gasteiger partial charge in [-0.05, 0) is 67.6 Å². The highest BCUT2D eigenvalue weighted by Gasteiger charge is 2.20. The molecular formula is C23H31IN6OS. The van der Waals surface area contributed by atoms with E-state index in [1.165, 1.54) is 5.00 Å². The molecule has 0 spiro atoms. The van der Waals surface area contributed by atoms with E-state index in [-0.39, 0.29) is 24.0 Å². The van der Waals surface area contributed by atoms with Crippen LogP contribution in [0.5, 0.6) is 5.75 Å². The third-order valence-corrected chi connectivity index (χ3v) is 6.31. The predicted molar refractivity (Wildman–Crippen MR) is 143 cm³/mol. The van der Waals surface area contributed by atoms with Gasteiger partial charge in [0, 0.05) is 31.9 Å². The zero-order chi connectivity index (χ0) is 21.5. The van der Waals surface area contributed by atoms with Crippen molar-refractivity contribution in [2.24, 2.45) is 4.99 Å². The predicted octanol–water partition coefficient (Wildman–Crippen LogP) is 4.28. The van der Waals surface area contributed by atoms with Gasteiger partial charge in [0.2, 0.25) is 0 Å². The van der Waals surface area contributed by atoms with Crippen LogP contribution < -0.4 is 20.3 Å². The average molecular weight is 567 g/mol. The van der Waals surface area contributed by atoms with Crippen LogP contribution in [0.3, 0.4) is 0 Å². The van der Waals surface area contributed by atoms with Gasteiger partial charge in [-0.25, -0.2) is 9.67 Å². The quantitative estimate of drug-likeness (QED) is 0.254. The number of aliphatic imine (C=N–C) groups is 1. The van der Waals surface area contributed by atoms with Crippen molar-refractivity contribution in [1.29, 1.82) is 0 Å². The standard InChI is InChI=1S/C23H30N6OS.HI/c1-3-24-23(26-18-10-13-28(14-11-18)22-5-4-16-31-22)25-17-19-12-15-29(27-19)20-6-8-21(30-2)9-7-20;/h4-9,12,15-16,18H,3,10-11,13-14,17H2,1-2H3,(H2,24,25,26);1H. The number of hydrogen-bond acceptors (Lipinski definition) is 5. The molecule has 0 atom stereocenters. The molecule has 32 heavy (non-hydrogen) atoms. The highest BCUT2D eigenvalue weighted by molar-refractivity contribution is 14.0. The van der Waals surface area contributed by atoms with Gasteiger partial charge in [0.1, 0.15) is 5.75 Å². The maximum atomic E-state index is 5.22. The molecular weight excluding hydrogens is 535 g/mol. The molecule has 0 unspecified atom stereocenters. The summed E-state index contributed by atoms with van der Waals surface area (Å²) in [4.78, 5) is 7.24. The summed E-state index contributed by atoms with van der Waals surface area (Å²) in [5.74, 6) is 1.69. The number of halogens is 1. The number of thiophene rings is 1. The number of benzene rings is 1. The number of nitrogens with one attached hydrogen (secondary N) is 2. The van der Waals surface area contributed by atoms with Crippen LogP contribution in [0.1, 0.15) is 25.5 Å². The molecule has 2 aromatic heterocycles. The van der Waals surface area contributed by atoms with E-state index in [1.54, 1.807) is 7.11 Å². The molecule has 0 aliphatic carbocycles. The van der Waals surface area contributed by atoms with Gasteiger partial charge in [-0.15, -0.1) is 35.3 Å². The molecule has 0 radical (unpaired) electrons. The molecule has 1 aliphatic heterocycles. The second-order valence-electron chi connectivity index (χ2n) is 7.50. The number of anilines is 1. The van der Waals surface area contributed by atoms with E-state index in [9.17, 15) is 0 Å². The van der Waals surface area contributed by atoms with Crippen LogP contribution in [-0.4, -0.2) is 48.5 Å². The highest BCUT2D eigenvalue weighted by Crippen LogP contribution is 2.24. The van der Waals surface area contributed by atoms with E-state index in [4.69, 9.17) is 9.73 Å². The van der Waals surface area contributed by atoms with E-state index >= 15 is 0 Å². The maximum absolute atomic E-state index is 5.22. The normalized spacial score (nSPS) is 14.7. The number of aromatic nitrogens is 2. The van der Waals surface area contributed by atoms with E-state index in [2.05, 4.69) is 45.1 Å². The zero-order valence-electron chi connectivity index (χ0n) is 18.5. The van der Waals surface area contributed by atoms with Gasteiger partial charge < -0.3 is 20.3 Å². The van der Waals surface area contributed by atoms with Gasteiger partial charge in [0.05, 0.1) is 30.0 Å². The summed E-state index contributed by atoms with van der Waals surface area (Å²) in [6, 6.07) is 14.6. The van der Waals surface area contributed by atoms with E-state index in [0.29, 0.717) is 12.6 Å². The number of guanidine groups is 1. The molecule has 3 heterocycles. The molecule has 172 valence electrons. The van der Waals surface area contributed by atoms with Crippen molar-refractivity contribution in [3.05, 3.63) is 59.7 Å². The summed E-state index contributed by atoms with van der Waals surface area (Å²) < 4.78 is 7.09. The van der Waals surface area contributed by atoms with Gasteiger partial charge in [-0.2, -0.15) is 5.10 Å². The highest BCUT2D eigenvalue weighted by atomic mass is 127. The smallest absolute Gasteiger partial charge is 0.191 e. The Morgan fingerprint density at radius 3 is 2.62 bits per heavy atom. The Morgan fingerprint density at radius 1 is 1.19 bits per heavy atom. The SMILES string of the molecule is CCNC(=NCc1ccn(-c2ccc(OC)cc2)n1)NC1CCN(c2cccs2)CC1.I. The van der Waals surface area contributed by atoms with Gasteiger partial charge in [-0.1, -0.05) is 0 Å². The van der Waals surface area contributed by atoms with Crippen LogP contribution in [-0.2, 0) is 6.54 Å². The summed E-state index contributed by atoms with van der Waals surface area (Å²) in [5.41, 5.74) is 1.93. The van der Waals surface area contributed by atoms with Crippen molar-refractivity contribution >= 4 is 46.3 Å². The van der Waals surface area contributed by atoms with Crippen LogP contribution in [0.15, 0.2) is 59.0 Å². The minimum absolute atomic E-state index is 0. The number of nitrogens with zero attached hydrogens (tertiary/aromatic N) is 4. The van der Waals surface area contributed by atoms with Crippen molar-refractivity contribution in [3.63, 3.8) is 0 Å². The lowest BCUT2D eigenvalue weighted by Gasteiger charge is -2.33. The van der Waals surface area contributed by atoms with Crippen molar-refractivity contribution < 1.29 is 4.74 Å². The molecule has 7 nitrogen and oxygen atoms in total. The van der Waals surface area contributed by atoms with Crippen LogP contribution in [0.25, 0.3) is 5.69 Å². The van der Waals surface area contributed by atoms with Gasteiger partial charge in [0.25, 0.3) is 0 Å². The summed E-state index contributed by atoms with van der Waals surface area (Å²) in [7, 11) is 1.67. The van der Waals surface area contributed by atoms with E-state index in [1.807, 2.05) is 52.5 Å². The Kier molecular flexibility index (Phi) is 9.22. The molecule has 0 bridgehead atoms. The average Bonchev–Trinajstić information content (AvgIpc) is 3.51. The summed E-state index contributed by atoms with van der Waals surface area (Å²) in [6.07, 6.45) is 4.18. The fourth-order valence-corrected chi connectivity index (χ4v) is 4.48. The van der Waals surface area contributed by atoms with Gasteiger partial charge in [-0.3, -0.25) is 0 Å². The lowest BCUT2D eigenvalue weighted by molar-refractivity contribution is 0.414. The first-order valence-electron chi connectivity index (χ1n) is 10.8. The van der Waals surface area contributed by atoms with Crippen molar-refractivity contribution in [2.45, 2.75) is 32.4 Å². The fourth-order valence-electron chi connectivity index (χ4n) is 3.69. The second-order valence-corrected chi connectivity index (χ2v) is 8.43. The number of piperidine rings is 1. The molecule has 1 fully saturated rings.